The Hall–Kier alpha value is -7.33. The molecule has 0 radical (unpaired) electrons. The molecule has 5 aliphatic rings. The molecule has 0 bridgehead atoms. The number of nitrogens with one attached hydrogen (secondary N) is 4. The monoisotopic (exact) mass is 1650 g/mol. The fourth-order valence-corrected chi connectivity index (χ4v) is 17.3. The number of fused-ring (bicyclic) bond motifs is 2. The van der Waals surface area contributed by atoms with Crippen LogP contribution in [0, 0.1) is 0 Å². The second-order valence-corrected chi connectivity index (χ2v) is 31.5. The summed E-state index contributed by atoms with van der Waals surface area (Å²) in [5.74, 6) is 0.633. The third-order valence-electron chi connectivity index (χ3n) is 18.8. The molecule has 48 heteroatoms. The number of aromatic nitrogens is 9. The van der Waals surface area contributed by atoms with Crippen LogP contribution in [0.2, 0.25) is 0 Å². The number of unbranched alkanes of at least 4 members (excludes halogenated alkanes) is 1. The van der Waals surface area contributed by atoms with Gasteiger partial charge in [0.05, 0.1) is 33.0 Å². The highest BCUT2D eigenvalue weighted by atomic mass is 31.2. The smallest absolute Gasteiger partial charge is 0.387 e. The molecule has 4 aliphatic heterocycles. The lowest BCUT2D eigenvalue weighted by atomic mass is 9.92. The Morgan fingerprint density at radius 2 is 0.856 bits per heavy atom. The Kier molecular flexibility index (Phi) is 26.7. The van der Waals surface area contributed by atoms with Gasteiger partial charge in [0.15, 0.2) is 30.7 Å². The number of ether oxygens (including phenoxy) is 9. The highest BCUT2D eigenvalue weighted by Crippen LogP contribution is 2.55. The number of aliphatic hydroxyl groups excluding tert-OH is 1. The number of methoxy groups -OCH3 is 4. The van der Waals surface area contributed by atoms with E-state index in [2.05, 4.69) is 5.16 Å². The number of hydrogen-bond acceptors (Lipinski definition) is 32. The molecule has 12 rings (SSSR count). The quantitative estimate of drug-likeness (QED) is 0.0203. The lowest BCUT2D eigenvalue weighted by molar-refractivity contribution is -0.0679. The van der Waals surface area contributed by atoms with Crippen LogP contribution < -0.4 is 45.0 Å². The van der Waals surface area contributed by atoms with Crippen LogP contribution in [0.1, 0.15) is 80.9 Å². The van der Waals surface area contributed by atoms with Gasteiger partial charge in [-0.1, -0.05) is 60.5 Å². The maximum atomic E-state index is 14.4. The van der Waals surface area contributed by atoms with Gasteiger partial charge in [0.25, 0.3) is 22.2 Å². The van der Waals surface area contributed by atoms with E-state index in [0.717, 1.165) is 149 Å². The largest absolute Gasteiger partial charge is 0.472 e. The number of H-pyrrole nitrogens is 4. The molecular weight excluding hydrogens is 1570 g/mol. The lowest BCUT2D eigenvalue weighted by Gasteiger charge is -2.28. The summed E-state index contributed by atoms with van der Waals surface area (Å²) < 4.78 is 161. The fraction of sp³-hybridized carbons (Fsp3) is 0.540. The van der Waals surface area contributed by atoms with E-state index in [4.69, 9.17) is 83.3 Å². The van der Waals surface area contributed by atoms with Crippen molar-refractivity contribution in [2.75, 3.05) is 68.1 Å². The molecule has 0 amide bonds. The molecule has 4 fully saturated rings. The zero-order valence-electron chi connectivity index (χ0n) is 59.2. The average Bonchev–Trinajstić information content (AvgIpc) is 1.68. The van der Waals surface area contributed by atoms with Gasteiger partial charge in [0.2, 0.25) is 0 Å². The van der Waals surface area contributed by atoms with Crippen molar-refractivity contribution >= 4 is 42.1 Å². The highest BCUT2D eigenvalue weighted by molar-refractivity contribution is 7.48. The van der Waals surface area contributed by atoms with Crippen molar-refractivity contribution < 1.29 is 126 Å². The van der Waals surface area contributed by atoms with Crippen molar-refractivity contribution in [3.05, 3.63) is 186 Å². The minimum atomic E-state index is -5.77. The van der Waals surface area contributed by atoms with Gasteiger partial charge >= 0.3 is 54.0 Å². The molecular formula is C63H79N9O35P4. The van der Waals surface area contributed by atoms with Crippen LogP contribution in [-0.4, -0.2) is 209 Å². The van der Waals surface area contributed by atoms with Crippen LogP contribution in [0.25, 0.3) is 22.0 Å². The summed E-state index contributed by atoms with van der Waals surface area (Å²) in [5, 5.41) is 17.7. The number of aliphatic hydroxyl groups is 1. The van der Waals surface area contributed by atoms with E-state index in [9.17, 15) is 81.3 Å². The molecule has 21 atom stereocenters. The standard InChI is InChI=1S/C63H79N9O35P4/c1-90-52-47(77)38(100-56(52)69-23-19-42(73)64-60(69)78)29-97-109(84,85)105-50-40(102-58(54(50)92-3)71-25-21-44(75)66-62(71)80)31-99-111(88,89)107-51-41(103-59(55(51)93-4)72-26-22-45(76)67-63(72)81)32-98-110(86,87)106-49-39(101-57(53(49)91-2)70-24-20-43(74)65-61(70)79)30-96-108(82,83)95-28-11-10-27-94-37-18-7-5-6-16-36-46(68-104-48(36)37)35-17-12-14-33-13-8-9-15-34(33)35/h8-9,12-15,17,19-26,37-41,47,49-59,77H,5-7,10-11,16,18,27-32H2,1-4H3,(H,82,83)(H,84,85)(H,86,87)(H,88,89)(H,64,73,78)(H,65,74,79)(H,66,75,80)(H,67,76,81)/t37?,38-,39-,40-,41-,47-,49-,50-,51-,52-,53-,54-,55-,56-,57-,58-,59-/m1/s1. The summed E-state index contributed by atoms with van der Waals surface area (Å²) in [4.78, 5) is 154. The highest BCUT2D eigenvalue weighted by Gasteiger charge is 2.56. The topological polar surface area (TPSA) is 572 Å². The first-order valence-corrected chi connectivity index (χ1v) is 40.3. The molecule has 4 saturated heterocycles. The Morgan fingerprint density at radius 1 is 0.459 bits per heavy atom. The van der Waals surface area contributed by atoms with Crippen LogP contribution in [0.4, 0.5) is 0 Å². The third kappa shape index (κ3) is 19.4. The van der Waals surface area contributed by atoms with E-state index in [1.165, 1.54) is 0 Å². The molecule has 44 nitrogen and oxygen atoms in total. The number of phosphoric ester groups is 4. The SMILES string of the molecule is CO[C@@H]1[C@H](O)[C@@H](COP(=O)(O)O[C@H]2[C@@H](OC)[C@H](n3ccc(=O)[nH]c3=O)O[C@@H]2COP(=O)(O)O[C@H]2[C@@H](OC)[C@H](n3ccc(=O)[nH]c3=O)O[C@@H]2COP(=O)(O)O[C@H]2[C@@H](OC)[C@H](n3ccc(=O)[nH]c3=O)O[C@@H]2COP(=O)(O)OCCCCOC2CCCCCc3c(-c4cccc5ccccc45)noc32)O[C@H]1n1ccc(=O)[nH]c1=O. The van der Waals surface area contributed by atoms with Crippen LogP contribution in [0.5, 0.6) is 0 Å². The lowest BCUT2D eigenvalue weighted by Crippen LogP contribution is -2.41. The zero-order valence-corrected chi connectivity index (χ0v) is 62.8. The van der Waals surface area contributed by atoms with Gasteiger partial charge in [0, 0.05) is 95.2 Å². The number of benzene rings is 2. The molecule has 0 saturated carbocycles. The molecule has 9 N–H and O–H groups in total. The van der Waals surface area contributed by atoms with E-state index in [-0.39, 0.29) is 19.6 Å². The van der Waals surface area contributed by atoms with E-state index >= 15 is 0 Å². The number of rotatable bonds is 34. The second kappa shape index (κ2) is 35.6. The summed E-state index contributed by atoms with van der Waals surface area (Å²) >= 11 is 0. The molecule has 5 aromatic heterocycles. The van der Waals surface area contributed by atoms with E-state index < -0.39 is 207 Å². The predicted octanol–water partition coefficient (Wildman–Crippen LogP) is 1.30. The fourth-order valence-electron chi connectivity index (χ4n) is 13.6. The molecule has 7 aromatic rings. The predicted molar refractivity (Wildman–Crippen MR) is 373 cm³/mol. The Morgan fingerprint density at radius 3 is 1.30 bits per heavy atom. The number of aromatic amines is 4. The van der Waals surface area contributed by atoms with E-state index in [0.29, 0.717) is 18.6 Å². The van der Waals surface area contributed by atoms with Crippen molar-refractivity contribution in [3.63, 3.8) is 0 Å². The maximum absolute atomic E-state index is 14.4. The molecule has 2 aromatic carbocycles. The summed E-state index contributed by atoms with van der Waals surface area (Å²) in [6.45, 7) is -4.60. The zero-order chi connectivity index (χ0) is 79.3. The summed E-state index contributed by atoms with van der Waals surface area (Å²) in [5.41, 5.74) is -5.04. The minimum absolute atomic E-state index is 0.179. The molecule has 0 spiro atoms. The van der Waals surface area contributed by atoms with Crippen LogP contribution in [-0.2, 0) is 104 Å². The number of hydrogen-bond donors (Lipinski definition) is 9. The molecule has 111 heavy (non-hydrogen) atoms. The molecule has 606 valence electrons. The molecule has 9 heterocycles. The van der Waals surface area contributed by atoms with Gasteiger partial charge in [-0.2, -0.15) is 0 Å². The van der Waals surface area contributed by atoms with Crippen LogP contribution >= 0.6 is 31.3 Å². The van der Waals surface area contributed by atoms with Gasteiger partial charge < -0.3 is 71.8 Å². The average molecular weight is 1650 g/mol. The van der Waals surface area contributed by atoms with Crippen molar-refractivity contribution in [2.24, 2.45) is 0 Å². The number of nitrogens with zero attached hydrogens (tertiary/aromatic N) is 5. The summed E-state index contributed by atoms with van der Waals surface area (Å²) in [6.07, 6.45) is -19.7. The minimum Gasteiger partial charge on any atom is -0.387 e. The van der Waals surface area contributed by atoms with Crippen LogP contribution in [0.15, 0.2) is 134 Å². The Labute approximate surface area is 624 Å². The summed E-state index contributed by atoms with van der Waals surface area (Å²) in [6, 6.07) is 17.6. The van der Waals surface area contributed by atoms with Gasteiger partial charge in [-0.05, 0) is 42.9 Å². The van der Waals surface area contributed by atoms with E-state index in [1.54, 1.807) is 0 Å². The first kappa shape index (κ1) is 83.1. The number of phosphoric acid groups is 4. The van der Waals surface area contributed by atoms with Crippen molar-refractivity contribution in [1.29, 1.82) is 0 Å². The normalized spacial score (nSPS) is 29.1. The van der Waals surface area contributed by atoms with E-state index in [1.807, 2.05) is 62.4 Å². The Bertz CT molecular complexity index is 5130. The first-order chi connectivity index (χ1) is 53.0. The van der Waals surface area contributed by atoms with Crippen molar-refractivity contribution in [2.45, 2.75) is 149 Å². The van der Waals surface area contributed by atoms with Crippen molar-refractivity contribution in [1.82, 2.24) is 43.4 Å². The van der Waals surface area contributed by atoms with Gasteiger partial charge in [0.1, 0.15) is 85.0 Å². The third-order valence-corrected chi connectivity index (χ3v) is 22.7. The van der Waals surface area contributed by atoms with Gasteiger partial charge in [-0.3, -0.25) is 93.6 Å². The van der Waals surface area contributed by atoms with Gasteiger partial charge in [-0.15, -0.1) is 0 Å². The second-order valence-electron chi connectivity index (χ2n) is 25.8. The maximum Gasteiger partial charge on any atom is 0.472 e. The molecule has 5 unspecified atom stereocenters. The summed E-state index contributed by atoms with van der Waals surface area (Å²) in [7, 11) is -17.8. The van der Waals surface area contributed by atoms with Gasteiger partial charge in [-0.25, -0.2) is 37.4 Å². The Balaban J connectivity index is 0.721. The van der Waals surface area contributed by atoms with Crippen molar-refractivity contribution in [3.8, 4) is 11.3 Å². The van der Waals surface area contributed by atoms with Crippen LogP contribution in [0.3, 0.4) is 0 Å². The first-order valence-electron chi connectivity index (χ1n) is 34.3. The molecule has 1 aliphatic carbocycles.